The van der Waals surface area contributed by atoms with Crippen molar-refractivity contribution >= 4 is 23.7 Å². The highest BCUT2D eigenvalue weighted by Crippen LogP contribution is 2.24. The van der Waals surface area contributed by atoms with Crippen LogP contribution in [0.25, 0.3) is 11.6 Å². The Kier molecular flexibility index (Phi) is 6.24. The second kappa shape index (κ2) is 8.19. The molecule has 0 aromatic carbocycles. The average Bonchev–Trinajstić information content (AvgIpc) is 3.17. The molecule has 136 valence electrons. The number of ether oxygens (including phenoxy) is 2. The summed E-state index contributed by atoms with van der Waals surface area (Å²) in [6.45, 7) is 7.40. The first-order valence-electron chi connectivity index (χ1n) is 7.77. The summed E-state index contributed by atoms with van der Waals surface area (Å²) in [5.41, 5.74) is -0.613. The van der Waals surface area contributed by atoms with Crippen LogP contribution in [0.5, 0.6) is 0 Å². The molecule has 0 spiro atoms. The number of aromatic nitrogens is 3. The Labute approximate surface area is 149 Å². The Morgan fingerprint density at radius 2 is 2.04 bits per heavy atom. The van der Waals surface area contributed by atoms with Gasteiger partial charge in [-0.1, -0.05) is 11.8 Å². The number of nitrogens with zero attached hydrogens (tertiary/aromatic N) is 3. The molecule has 2 heterocycles. The third-order valence-corrected chi connectivity index (χ3v) is 3.81. The second-order valence-corrected chi connectivity index (χ2v) is 7.01. The first kappa shape index (κ1) is 19.0. The second-order valence-electron chi connectivity index (χ2n) is 6.06. The number of esters is 2. The minimum absolute atomic E-state index is 0.0130. The van der Waals surface area contributed by atoms with Crippen LogP contribution in [0.2, 0.25) is 0 Å². The van der Waals surface area contributed by atoms with E-state index in [1.807, 2.05) is 11.5 Å². The highest BCUT2D eigenvalue weighted by atomic mass is 32.2. The van der Waals surface area contributed by atoms with Gasteiger partial charge in [0.1, 0.15) is 5.60 Å². The van der Waals surface area contributed by atoms with E-state index in [0.29, 0.717) is 23.3 Å². The molecule has 0 saturated carbocycles. The summed E-state index contributed by atoms with van der Waals surface area (Å²) >= 11 is 1.18. The Balaban J connectivity index is 1.87. The first-order valence-corrected chi connectivity index (χ1v) is 8.76. The van der Waals surface area contributed by atoms with Crippen LogP contribution >= 0.6 is 11.8 Å². The van der Waals surface area contributed by atoms with E-state index < -0.39 is 24.1 Å². The lowest BCUT2D eigenvalue weighted by atomic mass is 10.2. The quantitative estimate of drug-likeness (QED) is 0.544. The van der Waals surface area contributed by atoms with Crippen LogP contribution in [0.1, 0.15) is 27.7 Å². The predicted molar refractivity (Wildman–Crippen MR) is 90.9 cm³/mol. The highest BCUT2D eigenvalue weighted by Gasteiger charge is 2.19. The fraction of sp³-hybridized carbons (Fsp3) is 0.500. The van der Waals surface area contributed by atoms with Crippen molar-refractivity contribution in [3.05, 3.63) is 18.4 Å². The van der Waals surface area contributed by atoms with Crippen molar-refractivity contribution in [2.45, 2.75) is 45.0 Å². The number of carbonyl (C=O) groups excluding carboxylic acids is 2. The molecule has 0 saturated heterocycles. The van der Waals surface area contributed by atoms with Crippen LogP contribution in [-0.2, 0) is 25.6 Å². The van der Waals surface area contributed by atoms with Gasteiger partial charge in [0, 0.05) is 6.54 Å². The van der Waals surface area contributed by atoms with E-state index in [4.69, 9.17) is 13.9 Å². The molecule has 0 aliphatic rings. The highest BCUT2D eigenvalue weighted by molar-refractivity contribution is 7.99. The van der Waals surface area contributed by atoms with E-state index in [1.165, 1.54) is 11.8 Å². The molecule has 0 atom stereocenters. The summed E-state index contributed by atoms with van der Waals surface area (Å²) in [6, 6.07) is 3.56. The van der Waals surface area contributed by atoms with Gasteiger partial charge in [-0.3, -0.25) is 9.36 Å². The lowest BCUT2D eigenvalue weighted by molar-refractivity contribution is -0.165. The van der Waals surface area contributed by atoms with Crippen LogP contribution in [0.4, 0.5) is 0 Å². The predicted octanol–water partition coefficient (Wildman–Crippen LogP) is 2.54. The SMILES string of the molecule is CCn1c(SCC(=O)OCC(=O)OC(C)(C)C)nnc1-c1ccco1. The molecular formula is C16H21N3O5S. The summed E-state index contributed by atoms with van der Waals surface area (Å²) in [4.78, 5) is 23.3. The zero-order valence-corrected chi connectivity index (χ0v) is 15.5. The van der Waals surface area contributed by atoms with Gasteiger partial charge in [-0.05, 0) is 39.8 Å². The smallest absolute Gasteiger partial charge is 0.344 e. The number of hydrogen-bond acceptors (Lipinski definition) is 8. The maximum Gasteiger partial charge on any atom is 0.344 e. The van der Waals surface area contributed by atoms with Gasteiger partial charge in [0.15, 0.2) is 23.3 Å². The molecular weight excluding hydrogens is 346 g/mol. The van der Waals surface area contributed by atoms with Crippen molar-refractivity contribution in [3.8, 4) is 11.6 Å². The number of hydrogen-bond donors (Lipinski definition) is 0. The topological polar surface area (TPSA) is 96.5 Å². The van der Waals surface area contributed by atoms with Crippen LogP contribution < -0.4 is 0 Å². The molecule has 0 aliphatic carbocycles. The lowest BCUT2D eigenvalue weighted by Crippen LogP contribution is -2.27. The van der Waals surface area contributed by atoms with E-state index in [1.54, 1.807) is 39.2 Å². The fourth-order valence-electron chi connectivity index (χ4n) is 1.94. The monoisotopic (exact) mass is 367 g/mol. The molecule has 9 heteroatoms. The van der Waals surface area contributed by atoms with Gasteiger partial charge in [0.25, 0.3) is 0 Å². The van der Waals surface area contributed by atoms with Crippen molar-refractivity contribution < 1.29 is 23.5 Å². The number of carbonyl (C=O) groups is 2. The Bertz CT molecular complexity index is 719. The molecule has 0 aliphatic heterocycles. The number of rotatable bonds is 7. The molecule has 2 rings (SSSR count). The molecule has 0 fully saturated rings. The maximum absolute atomic E-state index is 11.8. The standard InChI is InChI=1S/C16H21N3O5S/c1-5-19-14(11-7-6-8-22-11)17-18-15(19)25-10-13(21)23-9-12(20)24-16(2,3)4/h6-8H,5,9-10H2,1-4H3. The Morgan fingerprint density at radius 1 is 1.28 bits per heavy atom. The van der Waals surface area contributed by atoms with Gasteiger partial charge in [-0.25, -0.2) is 4.79 Å². The van der Waals surface area contributed by atoms with Crippen molar-refractivity contribution in [2.24, 2.45) is 0 Å². The molecule has 8 nitrogen and oxygen atoms in total. The average molecular weight is 367 g/mol. The van der Waals surface area contributed by atoms with Crippen LogP contribution in [0.3, 0.4) is 0 Å². The third kappa shape index (κ3) is 5.63. The minimum atomic E-state index is -0.613. The number of furan rings is 1. The Morgan fingerprint density at radius 3 is 2.64 bits per heavy atom. The van der Waals surface area contributed by atoms with Gasteiger partial charge in [0.05, 0.1) is 12.0 Å². The number of thioether (sulfide) groups is 1. The van der Waals surface area contributed by atoms with Gasteiger partial charge in [0.2, 0.25) is 0 Å². The molecule has 0 radical (unpaired) electrons. The molecule has 0 unspecified atom stereocenters. The van der Waals surface area contributed by atoms with E-state index in [2.05, 4.69) is 10.2 Å². The Hall–Kier alpha value is -2.29. The normalized spacial score (nSPS) is 11.4. The van der Waals surface area contributed by atoms with Crippen molar-refractivity contribution in [1.29, 1.82) is 0 Å². The summed E-state index contributed by atoms with van der Waals surface area (Å²) < 4.78 is 17.2. The van der Waals surface area contributed by atoms with Gasteiger partial charge < -0.3 is 13.9 Å². The van der Waals surface area contributed by atoms with E-state index in [9.17, 15) is 9.59 Å². The summed E-state index contributed by atoms with van der Waals surface area (Å²) in [6.07, 6.45) is 1.56. The molecule has 2 aromatic heterocycles. The molecule has 0 N–H and O–H groups in total. The van der Waals surface area contributed by atoms with Crippen LogP contribution in [0, 0.1) is 0 Å². The lowest BCUT2D eigenvalue weighted by Gasteiger charge is -2.19. The largest absolute Gasteiger partial charge is 0.461 e. The zero-order valence-electron chi connectivity index (χ0n) is 14.6. The summed E-state index contributed by atoms with van der Waals surface area (Å²) in [7, 11) is 0. The molecule has 25 heavy (non-hydrogen) atoms. The fourth-order valence-corrected chi connectivity index (χ4v) is 2.74. The molecule has 2 aromatic rings. The molecule has 0 amide bonds. The molecule has 0 bridgehead atoms. The maximum atomic E-state index is 11.8. The van der Waals surface area contributed by atoms with Crippen LogP contribution in [0.15, 0.2) is 28.0 Å². The van der Waals surface area contributed by atoms with Gasteiger partial charge in [-0.2, -0.15) is 0 Å². The van der Waals surface area contributed by atoms with Crippen molar-refractivity contribution in [3.63, 3.8) is 0 Å². The van der Waals surface area contributed by atoms with E-state index >= 15 is 0 Å². The van der Waals surface area contributed by atoms with Gasteiger partial charge in [-0.15, -0.1) is 10.2 Å². The summed E-state index contributed by atoms with van der Waals surface area (Å²) in [5, 5.41) is 8.74. The van der Waals surface area contributed by atoms with E-state index in [-0.39, 0.29) is 5.75 Å². The minimum Gasteiger partial charge on any atom is -0.461 e. The van der Waals surface area contributed by atoms with Crippen LogP contribution in [-0.4, -0.2) is 44.7 Å². The van der Waals surface area contributed by atoms with Crippen molar-refractivity contribution in [1.82, 2.24) is 14.8 Å². The summed E-state index contributed by atoms with van der Waals surface area (Å²) in [5.74, 6) is 0.105. The third-order valence-electron chi connectivity index (χ3n) is 2.86. The van der Waals surface area contributed by atoms with Crippen molar-refractivity contribution in [2.75, 3.05) is 12.4 Å². The van der Waals surface area contributed by atoms with Gasteiger partial charge >= 0.3 is 11.9 Å². The van der Waals surface area contributed by atoms with E-state index in [0.717, 1.165) is 0 Å². The first-order chi connectivity index (χ1) is 11.8. The zero-order chi connectivity index (χ0) is 18.4.